The molecule has 5 amide bonds. The molecule has 12 nitrogen and oxygen atoms in total. The van der Waals surface area contributed by atoms with Gasteiger partial charge in [0.1, 0.15) is 17.9 Å². The molecule has 1 atom stereocenters. The lowest BCUT2D eigenvalue weighted by atomic mass is 9.49. The minimum absolute atomic E-state index is 0.0887. The van der Waals surface area contributed by atoms with Gasteiger partial charge in [-0.15, -0.1) is 0 Å². The number of nitrogens with one attached hydrogen (secondary N) is 2. The fraction of sp³-hybridized carbons (Fsp3) is 0.489. The first-order valence-electron chi connectivity index (χ1n) is 21.0. The summed E-state index contributed by atoms with van der Waals surface area (Å²) < 4.78 is 6.47. The van der Waals surface area contributed by atoms with Crippen molar-refractivity contribution in [1.82, 2.24) is 20.4 Å². The van der Waals surface area contributed by atoms with Gasteiger partial charge in [-0.25, -0.2) is 0 Å². The van der Waals surface area contributed by atoms with Crippen LogP contribution in [0.2, 0.25) is 0 Å². The number of nitriles is 1. The van der Waals surface area contributed by atoms with Crippen LogP contribution in [0, 0.1) is 40.4 Å². The van der Waals surface area contributed by atoms with Gasteiger partial charge in [0.25, 0.3) is 17.7 Å². The summed E-state index contributed by atoms with van der Waals surface area (Å²) in [6, 6.07) is 18.4. The number of rotatable bonds is 8. The maximum absolute atomic E-state index is 13.5. The third-order valence-corrected chi connectivity index (χ3v) is 14.3. The molecule has 0 radical (unpaired) electrons. The van der Waals surface area contributed by atoms with E-state index in [4.69, 9.17) is 4.74 Å². The fourth-order valence-corrected chi connectivity index (χ4v) is 11.6. The summed E-state index contributed by atoms with van der Waals surface area (Å²) in [6.45, 7) is 15.4. The number of amides is 5. The molecule has 0 aromatic heterocycles. The number of piperidine rings is 2. The number of carbonyl (C=O) groups excluding carboxylic acids is 5. The number of fused-ring (bicyclic) bond motifs is 2. The number of hydrogen-bond donors (Lipinski definition) is 2. The van der Waals surface area contributed by atoms with Gasteiger partial charge in [0.2, 0.25) is 11.8 Å². The Morgan fingerprint density at radius 1 is 0.881 bits per heavy atom. The third kappa shape index (κ3) is 6.58. The number of hydrogen-bond acceptors (Lipinski definition) is 9. The summed E-state index contributed by atoms with van der Waals surface area (Å²) in [7, 11) is 0. The normalized spacial score (nSPS) is 25.5. The van der Waals surface area contributed by atoms with Crippen molar-refractivity contribution < 1.29 is 28.7 Å². The molecule has 59 heavy (non-hydrogen) atoms. The summed E-state index contributed by atoms with van der Waals surface area (Å²) in [5.41, 5.74) is 5.79. The average Bonchev–Trinajstić information content (AvgIpc) is 3.68. The molecule has 306 valence electrons. The molecular weight excluding hydrogens is 745 g/mol. The van der Waals surface area contributed by atoms with Crippen LogP contribution in [0.25, 0.3) is 0 Å². The fourth-order valence-electron chi connectivity index (χ4n) is 11.6. The van der Waals surface area contributed by atoms with Crippen LogP contribution >= 0.6 is 0 Å². The van der Waals surface area contributed by atoms with Crippen LogP contribution in [-0.2, 0) is 22.4 Å². The van der Waals surface area contributed by atoms with Crippen LogP contribution in [-0.4, -0.2) is 90.2 Å². The highest BCUT2D eigenvalue weighted by Gasteiger charge is 2.64. The molecule has 9 rings (SSSR count). The number of anilines is 1. The van der Waals surface area contributed by atoms with Crippen molar-refractivity contribution in [3.05, 3.63) is 93.5 Å². The summed E-state index contributed by atoms with van der Waals surface area (Å²) in [4.78, 5) is 70.4. The van der Waals surface area contributed by atoms with E-state index in [1.54, 1.807) is 6.07 Å². The van der Waals surface area contributed by atoms with Crippen molar-refractivity contribution in [2.45, 2.75) is 91.3 Å². The second kappa shape index (κ2) is 14.0. The van der Waals surface area contributed by atoms with Crippen LogP contribution < -0.4 is 20.3 Å². The molecule has 6 aliphatic rings. The number of imide groups is 2. The Morgan fingerprint density at radius 3 is 2.08 bits per heavy atom. The first kappa shape index (κ1) is 38.9. The highest BCUT2D eigenvalue weighted by Crippen LogP contribution is 2.55. The summed E-state index contributed by atoms with van der Waals surface area (Å²) in [5.74, 6) is -0.603. The molecule has 1 spiro atoms. The third-order valence-electron chi connectivity index (χ3n) is 14.3. The van der Waals surface area contributed by atoms with Gasteiger partial charge in [-0.05, 0) is 116 Å². The minimum atomic E-state index is -0.950. The summed E-state index contributed by atoms with van der Waals surface area (Å²) in [6.07, 6.45) is 4.10. The standard InChI is InChI=1S/C47H52N6O6/c1-27-18-34(11-8-30(27)23-48)59-44-45(2,3)43(46(44,4)5)50-39(55)29-6-9-33(10-7-29)52-16-14-28(15-17-52)24-51-25-47(26-51)21-31-19-35-36(20-32(31)22-47)42(58)53(41(35)57)37-12-13-38(54)49-40(37)56/h6-11,18-20,28,37,43-44H,12-17,21-22,24-26H2,1-5H3,(H,50,55)(H,49,54,56). The molecular formula is C47H52N6O6. The Kier molecular flexibility index (Phi) is 9.27. The maximum atomic E-state index is 13.5. The number of likely N-dealkylation sites (tertiary alicyclic amines) is 1. The summed E-state index contributed by atoms with van der Waals surface area (Å²) >= 11 is 0. The predicted octanol–water partition coefficient (Wildman–Crippen LogP) is 5.20. The lowest BCUT2D eigenvalue weighted by Crippen LogP contribution is -2.74. The van der Waals surface area contributed by atoms with Gasteiger partial charge in [0.15, 0.2) is 0 Å². The Labute approximate surface area is 345 Å². The zero-order valence-corrected chi connectivity index (χ0v) is 34.5. The van der Waals surface area contributed by atoms with E-state index in [0.29, 0.717) is 28.2 Å². The van der Waals surface area contributed by atoms with Crippen LogP contribution in [0.3, 0.4) is 0 Å². The monoisotopic (exact) mass is 796 g/mol. The SMILES string of the molecule is Cc1cc(OC2C(C)(C)C(NC(=O)c3ccc(N4CCC(CN5CC6(Cc7cc8c(cc7C6)C(=O)N(C6CCC(=O)NC6=O)C8=O)C5)CC4)cc3)C2(C)C)ccc1C#N. The van der Waals surface area contributed by atoms with Crippen molar-refractivity contribution in [2.75, 3.05) is 37.6 Å². The first-order chi connectivity index (χ1) is 28.1. The second-order valence-corrected chi connectivity index (χ2v) is 19.2. The lowest BCUT2D eigenvalue weighted by molar-refractivity contribution is -0.164. The quantitative estimate of drug-likeness (QED) is 0.293. The molecule has 3 aromatic carbocycles. The van der Waals surface area contributed by atoms with Gasteiger partial charge in [-0.3, -0.25) is 34.2 Å². The van der Waals surface area contributed by atoms with Crippen LogP contribution in [0.15, 0.2) is 54.6 Å². The van der Waals surface area contributed by atoms with E-state index < -0.39 is 23.8 Å². The predicted molar refractivity (Wildman–Crippen MR) is 220 cm³/mol. The lowest BCUT2D eigenvalue weighted by Gasteiger charge is -2.63. The smallest absolute Gasteiger partial charge is 0.262 e. The molecule has 4 aliphatic heterocycles. The van der Waals surface area contributed by atoms with E-state index in [1.807, 2.05) is 43.3 Å². The molecule has 4 fully saturated rings. The molecule has 4 heterocycles. The zero-order chi connectivity index (χ0) is 41.6. The molecule has 1 saturated carbocycles. The number of ether oxygens (including phenoxy) is 1. The van der Waals surface area contributed by atoms with E-state index >= 15 is 0 Å². The highest BCUT2D eigenvalue weighted by atomic mass is 16.5. The number of carbonyl (C=O) groups is 5. The van der Waals surface area contributed by atoms with Gasteiger partial charge in [0.05, 0.1) is 22.8 Å². The molecule has 1 unspecified atom stereocenters. The van der Waals surface area contributed by atoms with E-state index in [1.165, 1.54) is 0 Å². The van der Waals surface area contributed by atoms with Gasteiger partial charge < -0.3 is 19.9 Å². The maximum Gasteiger partial charge on any atom is 0.262 e. The first-order valence-corrected chi connectivity index (χ1v) is 21.0. The molecule has 2 N–H and O–H groups in total. The molecule has 2 aliphatic carbocycles. The molecule has 3 saturated heterocycles. The van der Waals surface area contributed by atoms with Crippen LogP contribution in [0.5, 0.6) is 5.75 Å². The number of benzene rings is 3. The van der Waals surface area contributed by atoms with Crippen LogP contribution in [0.4, 0.5) is 5.69 Å². The molecule has 0 bridgehead atoms. The Bertz CT molecular complexity index is 2270. The number of nitrogens with zero attached hydrogens (tertiary/aromatic N) is 4. The van der Waals surface area contributed by atoms with Gasteiger partial charge in [-0.2, -0.15) is 5.26 Å². The van der Waals surface area contributed by atoms with Crippen molar-refractivity contribution >= 4 is 35.2 Å². The van der Waals surface area contributed by atoms with Crippen molar-refractivity contribution in [3.8, 4) is 11.8 Å². The minimum Gasteiger partial charge on any atom is -0.489 e. The van der Waals surface area contributed by atoms with Crippen LogP contribution in [0.1, 0.15) is 107 Å². The van der Waals surface area contributed by atoms with Crippen molar-refractivity contribution in [2.24, 2.45) is 22.2 Å². The molecule has 12 heteroatoms. The van der Waals surface area contributed by atoms with Crippen molar-refractivity contribution in [1.29, 1.82) is 5.26 Å². The Balaban J connectivity index is 0.738. The van der Waals surface area contributed by atoms with Crippen molar-refractivity contribution in [3.63, 3.8) is 0 Å². The zero-order valence-electron chi connectivity index (χ0n) is 34.5. The Morgan fingerprint density at radius 2 is 1.51 bits per heavy atom. The summed E-state index contributed by atoms with van der Waals surface area (Å²) in [5, 5.41) is 14.9. The average molecular weight is 797 g/mol. The second-order valence-electron chi connectivity index (χ2n) is 19.2. The Hall–Kier alpha value is -5.54. The van der Waals surface area contributed by atoms with Gasteiger partial charge >= 0.3 is 0 Å². The highest BCUT2D eigenvalue weighted by molar-refractivity contribution is 6.23. The van der Waals surface area contributed by atoms with E-state index in [0.717, 1.165) is 91.4 Å². The van der Waals surface area contributed by atoms with E-state index in [-0.39, 0.29) is 53.0 Å². The topological polar surface area (TPSA) is 152 Å². The number of aryl methyl sites for hydroxylation is 1. The largest absolute Gasteiger partial charge is 0.489 e. The van der Waals surface area contributed by atoms with Gasteiger partial charge in [0, 0.05) is 72.7 Å². The van der Waals surface area contributed by atoms with E-state index in [2.05, 4.69) is 66.3 Å². The van der Waals surface area contributed by atoms with Gasteiger partial charge in [-0.1, -0.05) is 27.7 Å². The molecule has 3 aromatic rings. The van der Waals surface area contributed by atoms with E-state index in [9.17, 15) is 29.2 Å².